The minimum absolute atomic E-state index is 0.0469. The zero-order chi connectivity index (χ0) is 23.8. The molecule has 4 aromatic rings. The van der Waals surface area contributed by atoms with Gasteiger partial charge in [-0.05, 0) is 66.1 Å². The third-order valence-electron chi connectivity index (χ3n) is 5.76. The molecule has 1 N–H and O–H groups in total. The molecule has 5 rings (SSSR count). The molecule has 1 aliphatic heterocycles. The van der Waals surface area contributed by atoms with Gasteiger partial charge in [-0.3, -0.25) is 4.90 Å². The third-order valence-corrected chi connectivity index (χ3v) is 6.51. The van der Waals surface area contributed by atoms with Gasteiger partial charge in [-0.2, -0.15) is 8.78 Å². The first-order valence-corrected chi connectivity index (χ1v) is 11.6. The standard InChI is InChI=1S/C25H18BrClF2N2O3/c26-15-3-10-19-20-11-12-31(25(32)34-18-8-4-16(27)5-9-18)23(22(20)30-21(19)13-15)14-1-6-17(7-2-14)33-24(28)29/h1-10,13,23-24,30H,11-12H2. The van der Waals surface area contributed by atoms with E-state index in [0.29, 0.717) is 23.7 Å². The van der Waals surface area contributed by atoms with Crippen LogP contribution in [-0.4, -0.2) is 29.1 Å². The summed E-state index contributed by atoms with van der Waals surface area (Å²) in [6.45, 7) is -2.49. The number of aromatic nitrogens is 1. The van der Waals surface area contributed by atoms with Crippen LogP contribution in [0.1, 0.15) is 22.9 Å². The van der Waals surface area contributed by atoms with Crippen molar-refractivity contribution in [2.45, 2.75) is 19.1 Å². The van der Waals surface area contributed by atoms with E-state index in [9.17, 15) is 13.6 Å². The molecule has 34 heavy (non-hydrogen) atoms. The Morgan fingerprint density at radius 2 is 1.76 bits per heavy atom. The second kappa shape index (κ2) is 9.27. The molecular formula is C25H18BrClF2N2O3. The zero-order valence-corrected chi connectivity index (χ0v) is 19.9. The molecule has 0 fully saturated rings. The van der Waals surface area contributed by atoms with Crippen molar-refractivity contribution in [3.63, 3.8) is 0 Å². The number of hydrogen-bond acceptors (Lipinski definition) is 3. The number of carbonyl (C=O) groups is 1. The number of benzene rings is 3. The van der Waals surface area contributed by atoms with Crippen LogP contribution >= 0.6 is 27.5 Å². The highest BCUT2D eigenvalue weighted by atomic mass is 79.9. The molecule has 1 aliphatic rings. The lowest BCUT2D eigenvalue weighted by Crippen LogP contribution is -2.42. The van der Waals surface area contributed by atoms with E-state index < -0.39 is 18.7 Å². The van der Waals surface area contributed by atoms with Gasteiger partial charge in [-0.15, -0.1) is 0 Å². The molecule has 1 aromatic heterocycles. The summed E-state index contributed by atoms with van der Waals surface area (Å²) in [7, 11) is 0. The number of rotatable bonds is 4. The van der Waals surface area contributed by atoms with Crippen LogP contribution in [0.25, 0.3) is 10.9 Å². The average Bonchev–Trinajstić information content (AvgIpc) is 3.17. The number of halogens is 4. The molecule has 0 saturated heterocycles. The Morgan fingerprint density at radius 1 is 1.06 bits per heavy atom. The van der Waals surface area contributed by atoms with Crippen LogP contribution in [0.4, 0.5) is 13.6 Å². The molecule has 0 bridgehead atoms. The largest absolute Gasteiger partial charge is 0.435 e. The second-order valence-corrected chi connectivity index (χ2v) is 9.17. The van der Waals surface area contributed by atoms with Gasteiger partial charge in [0.15, 0.2) is 0 Å². The Kier molecular flexibility index (Phi) is 6.18. The van der Waals surface area contributed by atoms with E-state index in [1.807, 2.05) is 18.2 Å². The first-order chi connectivity index (χ1) is 16.4. The summed E-state index contributed by atoms with van der Waals surface area (Å²) >= 11 is 9.44. The third kappa shape index (κ3) is 4.48. The molecule has 0 saturated carbocycles. The van der Waals surface area contributed by atoms with E-state index in [0.717, 1.165) is 32.2 Å². The fraction of sp³-hybridized carbons (Fsp3) is 0.160. The number of fused-ring (bicyclic) bond motifs is 3. The van der Waals surface area contributed by atoms with Gasteiger partial charge in [0.2, 0.25) is 0 Å². The Morgan fingerprint density at radius 3 is 2.47 bits per heavy atom. The van der Waals surface area contributed by atoms with Crippen LogP contribution in [0.2, 0.25) is 5.02 Å². The van der Waals surface area contributed by atoms with Gasteiger partial charge in [0.25, 0.3) is 0 Å². The summed E-state index contributed by atoms with van der Waals surface area (Å²) in [6, 6.07) is 18.3. The van der Waals surface area contributed by atoms with Crippen molar-refractivity contribution in [3.8, 4) is 11.5 Å². The summed E-state index contributed by atoms with van der Waals surface area (Å²) in [5.41, 5.74) is 3.64. The Hall–Kier alpha value is -3.10. The Labute approximate surface area is 207 Å². The van der Waals surface area contributed by atoms with Crippen molar-refractivity contribution in [2.24, 2.45) is 0 Å². The van der Waals surface area contributed by atoms with E-state index in [2.05, 4.69) is 25.7 Å². The SMILES string of the molecule is O=C(Oc1ccc(Cl)cc1)N1CCc2c([nH]c3cc(Br)ccc23)C1c1ccc(OC(F)F)cc1. The number of aromatic amines is 1. The molecule has 0 radical (unpaired) electrons. The lowest BCUT2D eigenvalue weighted by molar-refractivity contribution is -0.0498. The molecule has 1 atom stereocenters. The molecule has 0 spiro atoms. The number of carbonyl (C=O) groups excluding carboxylic acids is 1. The summed E-state index contributed by atoms with van der Waals surface area (Å²) < 4.78 is 36.3. The summed E-state index contributed by atoms with van der Waals surface area (Å²) in [5.74, 6) is 0.422. The van der Waals surface area contributed by atoms with Crippen LogP contribution in [0, 0.1) is 0 Å². The minimum atomic E-state index is -2.91. The number of ether oxygens (including phenoxy) is 2. The highest BCUT2D eigenvalue weighted by Crippen LogP contribution is 2.40. The van der Waals surface area contributed by atoms with Gasteiger partial charge in [-0.25, -0.2) is 4.79 Å². The van der Waals surface area contributed by atoms with Gasteiger partial charge < -0.3 is 14.5 Å². The number of H-pyrrole nitrogens is 1. The van der Waals surface area contributed by atoms with Crippen molar-refractivity contribution in [3.05, 3.63) is 93.0 Å². The molecule has 3 aromatic carbocycles. The number of nitrogens with one attached hydrogen (secondary N) is 1. The highest BCUT2D eigenvalue weighted by Gasteiger charge is 2.35. The van der Waals surface area contributed by atoms with E-state index in [-0.39, 0.29) is 5.75 Å². The van der Waals surface area contributed by atoms with Crippen molar-refractivity contribution in [1.29, 1.82) is 0 Å². The van der Waals surface area contributed by atoms with Gasteiger partial charge in [0, 0.05) is 32.6 Å². The maximum absolute atomic E-state index is 13.3. The van der Waals surface area contributed by atoms with Gasteiger partial charge >= 0.3 is 12.7 Å². The highest BCUT2D eigenvalue weighted by molar-refractivity contribution is 9.10. The van der Waals surface area contributed by atoms with Crippen molar-refractivity contribution in [2.75, 3.05) is 6.54 Å². The van der Waals surface area contributed by atoms with Crippen LogP contribution < -0.4 is 9.47 Å². The molecule has 2 heterocycles. The van der Waals surface area contributed by atoms with E-state index in [4.69, 9.17) is 16.3 Å². The quantitative estimate of drug-likeness (QED) is 0.291. The van der Waals surface area contributed by atoms with Gasteiger partial charge in [0.05, 0.1) is 0 Å². The van der Waals surface area contributed by atoms with E-state index in [1.54, 1.807) is 41.3 Å². The summed E-state index contributed by atoms with van der Waals surface area (Å²) in [4.78, 5) is 18.3. The number of amides is 1. The van der Waals surface area contributed by atoms with Crippen LogP contribution in [-0.2, 0) is 6.42 Å². The van der Waals surface area contributed by atoms with Crippen molar-refractivity contribution < 1.29 is 23.0 Å². The maximum Gasteiger partial charge on any atom is 0.416 e. The average molecular weight is 548 g/mol. The summed E-state index contributed by atoms with van der Waals surface area (Å²) in [6.07, 6.45) is 0.112. The second-order valence-electron chi connectivity index (χ2n) is 7.82. The van der Waals surface area contributed by atoms with Gasteiger partial charge in [-0.1, -0.05) is 45.7 Å². The number of alkyl halides is 2. The monoisotopic (exact) mass is 546 g/mol. The Bertz CT molecular complexity index is 1340. The van der Waals surface area contributed by atoms with Crippen molar-refractivity contribution in [1.82, 2.24) is 9.88 Å². The predicted molar refractivity (Wildman–Crippen MR) is 129 cm³/mol. The number of nitrogens with zero attached hydrogens (tertiary/aromatic N) is 1. The molecule has 5 nitrogen and oxygen atoms in total. The smallest absolute Gasteiger partial charge is 0.416 e. The van der Waals surface area contributed by atoms with Crippen molar-refractivity contribution >= 4 is 44.5 Å². The van der Waals surface area contributed by atoms with Crippen LogP contribution in [0.15, 0.2) is 71.2 Å². The lowest BCUT2D eigenvalue weighted by Gasteiger charge is -2.35. The normalized spacial score (nSPS) is 15.4. The molecule has 9 heteroatoms. The molecular weight excluding hydrogens is 530 g/mol. The molecule has 1 unspecified atom stereocenters. The fourth-order valence-electron chi connectivity index (χ4n) is 4.31. The summed E-state index contributed by atoms with van der Waals surface area (Å²) in [5, 5.41) is 1.61. The van der Waals surface area contributed by atoms with E-state index in [1.165, 1.54) is 12.1 Å². The first kappa shape index (κ1) is 22.7. The maximum atomic E-state index is 13.3. The first-order valence-electron chi connectivity index (χ1n) is 10.5. The molecule has 0 aliphatic carbocycles. The number of hydrogen-bond donors (Lipinski definition) is 1. The predicted octanol–water partition coefficient (Wildman–Crippen LogP) is 7.33. The van der Waals surface area contributed by atoms with Crippen LogP contribution in [0.3, 0.4) is 0 Å². The zero-order valence-electron chi connectivity index (χ0n) is 17.6. The lowest BCUT2D eigenvalue weighted by atomic mass is 9.92. The van der Waals surface area contributed by atoms with Gasteiger partial charge in [0.1, 0.15) is 17.5 Å². The van der Waals surface area contributed by atoms with Crippen LogP contribution in [0.5, 0.6) is 11.5 Å². The fourth-order valence-corrected chi connectivity index (χ4v) is 4.79. The minimum Gasteiger partial charge on any atom is -0.435 e. The molecule has 1 amide bonds. The van der Waals surface area contributed by atoms with E-state index >= 15 is 0 Å². The molecule has 174 valence electrons. The Balaban J connectivity index is 1.55. The topological polar surface area (TPSA) is 54.6 Å².